The number of nitrogens with two attached hydrogens (primary N) is 1. The van der Waals surface area contributed by atoms with E-state index in [-0.39, 0.29) is 5.82 Å². The molecule has 1 aliphatic rings. The summed E-state index contributed by atoms with van der Waals surface area (Å²) in [4.78, 5) is 17.4. The van der Waals surface area contributed by atoms with Gasteiger partial charge in [0.25, 0.3) is 0 Å². The van der Waals surface area contributed by atoms with Gasteiger partial charge in [-0.05, 0) is 11.6 Å². The van der Waals surface area contributed by atoms with E-state index in [1.54, 1.807) is 0 Å². The van der Waals surface area contributed by atoms with Gasteiger partial charge in [-0.25, -0.2) is 9.18 Å². The van der Waals surface area contributed by atoms with Crippen molar-refractivity contribution >= 4 is 5.82 Å². The minimum absolute atomic E-state index is 0.0660. The van der Waals surface area contributed by atoms with E-state index in [0.717, 1.165) is 10.8 Å². The van der Waals surface area contributed by atoms with Crippen LogP contribution in [0.1, 0.15) is 6.23 Å². The number of anilines is 1. The highest BCUT2D eigenvalue weighted by Gasteiger charge is 2.56. The fourth-order valence-electron chi connectivity index (χ4n) is 1.90. The normalized spacial score (nSPS) is 32.9. The molecule has 1 aromatic rings. The first-order valence-electron chi connectivity index (χ1n) is 5.47. The van der Waals surface area contributed by atoms with Gasteiger partial charge >= 0.3 is 5.69 Å². The number of ether oxygens (including phenoxy) is 1. The quantitative estimate of drug-likeness (QED) is 0.369. The summed E-state index contributed by atoms with van der Waals surface area (Å²) in [5.41, 5.74) is 10.6. The van der Waals surface area contributed by atoms with Gasteiger partial charge in [0.05, 0.1) is 6.61 Å². The standard InChI is InChI=1S/C9H11FN6O4/c10-5-6(18)9(3-17,14-15-12)20-7(5)16-2-1-4(11)13-8(16)19/h1-2,5-7,17-18H,3H2,(H2,11,13,19)/t5-,6+,7-,9-/m1/s1. The van der Waals surface area contributed by atoms with E-state index in [1.165, 1.54) is 6.07 Å². The number of azide groups is 1. The van der Waals surface area contributed by atoms with Crippen LogP contribution >= 0.6 is 0 Å². The van der Waals surface area contributed by atoms with Gasteiger partial charge in [-0.2, -0.15) is 4.98 Å². The van der Waals surface area contributed by atoms with Crippen molar-refractivity contribution in [1.82, 2.24) is 9.55 Å². The van der Waals surface area contributed by atoms with Gasteiger partial charge in [0.15, 0.2) is 12.4 Å². The van der Waals surface area contributed by atoms with Crippen molar-refractivity contribution in [1.29, 1.82) is 0 Å². The molecule has 20 heavy (non-hydrogen) atoms. The van der Waals surface area contributed by atoms with E-state index < -0.39 is 36.5 Å². The average molecular weight is 286 g/mol. The highest BCUT2D eigenvalue weighted by Crippen LogP contribution is 2.39. The highest BCUT2D eigenvalue weighted by atomic mass is 19.1. The molecule has 2 rings (SSSR count). The Hall–Kier alpha value is -2.20. The highest BCUT2D eigenvalue weighted by molar-refractivity contribution is 5.23. The monoisotopic (exact) mass is 286 g/mol. The van der Waals surface area contributed by atoms with Gasteiger partial charge in [0.2, 0.25) is 5.72 Å². The van der Waals surface area contributed by atoms with Gasteiger partial charge in [-0.15, -0.1) is 0 Å². The fraction of sp³-hybridized carbons (Fsp3) is 0.556. The number of halogens is 1. The van der Waals surface area contributed by atoms with Gasteiger partial charge in [0.1, 0.15) is 11.9 Å². The molecular formula is C9H11FN6O4. The minimum atomic E-state index is -2.19. The predicted octanol–water partition coefficient (Wildman–Crippen LogP) is -0.948. The third-order valence-corrected chi connectivity index (χ3v) is 2.93. The molecule has 4 atom stereocenters. The van der Waals surface area contributed by atoms with Crippen LogP contribution in [-0.2, 0) is 4.74 Å². The summed E-state index contributed by atoms with van der Waals surface area (Å²) in [6, 6.07) is 1.23. The smallest absolute Gasteiger partial charge is 0.351 e. The molecule has 0 spiro atoms. The molecule has 0 amide bonds. The Morgan fingerprint density at radius 2 is 2.45 bits per heavy atom. The van der Waals surface area contributed by atoms with Crippen LogP contribution in [0.25, 0.3) is 10.4 Å². The number of rotatable bonds is 3. The number of aliphatic hydroxyl groups excluding tert-OH is 2. The van der Waals surface area contributed by atoms with Gasteiger partial charge < -0.3 is 20.7 Å². The van der Waals surface area contributed by atoms with Crippen LogP contribution in [0, 0.1) is 0 Å². The molecular weight excluding hydrogens is 275 g/mol. The molecule has 11 heteroatoms. The molecule has 0 saturated carbocycles. The van der Waals surface area contributed by atoms with Crippen molar-refractivity contribution in [3.63, 3.8) is 0 Å². The molecule has 0 unspecified atom stereocenters. The Bertz CT molecular complexity index is 617. The Balaban J connectivity index is 2.45. The maximum absolute atomic E-state index is 14.1. The average Bonchev–Trinajstić information content (AvgIpc) is 2.65. The summed E-state index contributed by atoms with van der Waals surface area (Å²) in [7, 11) is 0. The zero-order valence-electron chi connectivity index (χ0n) is 10.00. The lowest BCUT2D eigenvalue weighted by Crippen LogP contribution is -2.43. The lowest BCUT2D eigenvalue weighted by Gasteiger charge is -2.23. The molecule has 2 heterocycles. The minimum Gasteiger partial charge on any atom is -0.393 e. The van der Waals surface area contributed by atoms with Gasteiger partial charge in [-0.1, -0.05) is 5.11 Å². The van der Waals surface area contributed by atoms with Crippen molar-refractivity contribution in [2.45, 2.75) is 24.2 Å². The fourth-order valence-corrected chi connectivity index (χ4v) is 1.90. The topological polar surface area (TPSA) is 159 Å². The molecule has 0 bridgehead atoms. The lowest BCUT2D eigenvalue weighted by molar-refractivity contribution is -0.124. The van der Waals surface area contributed by atoms with E-state index in [4.69, 9.17) is 16.0 Å². The summed E-state index contributed by atoms with van der Waals surface area (Å²) in [5, 5.41) is 22.0. The Labute approximate surface area is 110 Å². The number of hydrogen-bond donors (Lipinski definition) is 3. The van der Waals surface area contributed by atoms with Crippen molar-refractivity contribution in [2.24, 2.45) is 5.11 Å². The molecule has 0 aliphatic carbocycles. The van der Waals surface area contributed by atoms with Crippen LogP contribution in [0.3, 0.4) is 0 Å². The first kappa shape index (κ1) is 14.2. The number of nitrogens with zero attached hydrogens (tertiary/aromatic N) is 5. The van der Waals surface area contributed by atoms with Crippen molar-refractivity contribution in [2.75, 3.05) is 12.3 Å². The van der Waals surface area contributed by atoms with Crippen LogP contribution in [0.5, 0.6) is 0 Å². The maximum Gasteiger partial charge on any atom is 0.351 e. The zero-order chi connectivity index (χ0) is 14.9. The second-order valence-corrected chi connectivity index (χ2v) is 4.13. The number of aliphatic hydroxyl groups is 2. The maximum atomic E-state index is 14.1. The second kappa shape index (κ2) is 5.06. The van der Waals surface area contributed by atoms with Crippen LogP contribution in [0.4, 0.5) is 10.2 Å². The summed E-state index contributed by atoms with van der Waals surface area (Å²) in [6.07, 6.45) is -4.50. The first-order chi connectivity index (χ1) is 9.45. The molecule has 1 saturated heterocycles. The number of nitrogen functional groups attached to an aromatic ring is 1. The molecule has 0 radical (unpaired) electrons. The van der Waals surface area contributed by atoms with E-state index >= 15 is 0 Å². The largest absolute Gasteiger partial charge is 0.393 e. The molecule has 10 nitrogen and oxygen atoms in total. The number of hydrogen-bond acceptors (Lipinski definition) is 7. The van der Waals surface area contributed by atoms with E-state index in [1.807, 2.05) is 0 Å². The SMILES string of the molecule is [N-]=[N+]=N[C@]1(CO)O[C@@H](n2ccc(N)nc2=O)[C@H](F)[C@@H]1O. The predicted molar refractivity (Wildman–Crippen MR) is 62.9 cm³/mol. The third-order valence-electron chi connectivity index (χ3n) is 2.93. The Morgan fingerprint density at radius 1 is 1.75 bits per heavy atom. The van der Waals surface area contributed by atoms with Gasteiger partial charge in [-0.3, -0.25) is 4.57 Å². The van der Waals surface area contributed by atoms with E-state index in [0.29, 0.717) is 0 Å². The third kappa shape index (κ3) is 2.08. The number of aromatic nitrogens is 2. The van der Waals surface area contributed by atoms with Crippen molar-refractivity contribution in [3.05, 3.63) is 33.2 Å². The zero-order valence-corrected chi connectivity index (χ0v) is 10.00. The molecule has 0 aromatic carbocycles. The molecule has 1 fully saturated rings. The molecule has 1 aromatic heterocycles. The molecule has 108 valence electrons. The second-order valence-electron chi connectivity index (χ2n) is 4.13. The van der Waals surface area contributed by atoms with E-state index in [9.17, 15) is 19.4 Å². The molecule has 1 aliphatic heterocycles. The summed E-state index contributed by atoms with van der Waals surface area (Å²) in [5.74, 6) is -0.0660. The summed E-state index contributed by atoms with van der Waals surface area (Å²) in [6.45, 7) is -0.952. The summed E-state index contributed by atoms with van der Waals surface area (Å²) < 4.78 is 19.9. The van der Waals surface area contributed by atoms with Crippen LogP contribution in [-0.4, -0.2) is 44.4 Å². The first-order valence-corrected chi connectivity index (χ1v) is 5.47. The molecule has 4 N–H and O–H groups in total. The Kier molecular flexibility index (Phi) is 3.59. The van der Waals surface area contributed by atoms with E-state index in [2.05, 4.69) is 15.0 Å². The van der Waals surface area contributed by atoms with Gasteiger partial charge in [0, 0.05) is 11.1 Å². The van der Waals surface area contributed by atoms with Crippen LogP contribution in [0.2, 0.25) is 0 Å². The van der Waals surface area contributed by atoms with Crippen molar-refractivity contribution < 1.29 is 19.3 Å². The Morgan fingerprint density at radius 3 is 3.00 bits per heavy atom. The number of alkyl halides is 1. The lowest BCUT2D eigenvalue weighted by atomic mass is 10.1. The van der Waals surface area contributed by atoms with Crippen LogP contribution < -0.4 is 11.4 Å². The van der Waals surface area contributed by atoms with Crippen LogP contribution in [0.15, 0.2) is 22.2 Å². The van der Waals surface area contributed by atoms with Crippen molar-refractivity contribution in [3.8, 4) is 0 Å². The summed E-state index contributed by atoms with van der Waals surface area (Å²) >= 11 is 0.